The van der Waals surface area contributed by atoms with Gasteiger partial charge in [-0.25, -0.2) is 9.59 Å². The fourth-order valence-electron chi connectivity index (χ4n) is 0.270. The Morgan fingerprint density at radius 2 is 1.08 bits per heavy atom. The van der Waals surface area contributed by atoms with Crippen LogP contribution in [-0.2, 0) is 9.59 Å². The Balaban J connectivity index is -0.000000135. The van der Waals surface area contributed by atoms with Gasteiger partial charge in [-0.05, 0) is 0 Å². The zero-order valence-electron chi connectivity index (χ0n) is 7.26. The van der Waals surface area contributed by atoms with E-state index in [9.17, 15) is 9.59 Å². The number of carbonyl (C=O) groups is 2. The summed E-state index contributed by atoms with van der Waals surface area (Å²) in [5.74, 6) is -3.54. The number of carboxylic acids is 2. The van der Waals surface area contributed by atoms with Gasteiger partial charge in [0.15, 0.2) is 12.2 Å². The van der Waals surface area contributed by atoms with Crippen molar-refractivity contribution in [2.75, 3.05) is 0 Å². The largest absolute Gasteiger partial charge is 0.479 e. The summed E-state index contributed by atoms with van der Waals surface area (Å²) in [6, 6.07) is 0. The molecule has 0 aliphatic rings. The maximum Gasteiger partial charge on any atom is 0.335 e. The number of aliphatic hydroxyl groups excluding tert-OH is 2. The molecule has 0 aromatic heterocycles. The van der Waals surface area contributed by atoms with Crippen molar-refractivity contribution in [3.63, 3.8) is 0 Å². The molecule has 0 saturated heterocycles. The maximum absolute atomic E-state index is 9.77. The zero-order valence-corrected chi connectivity index (χ0v) is 12.4. The van der Waals surface area contributed by atoms with Crippen LogP contribution >= 0.6 is 0 Å². The molecule has 6 N–H and O–H groups in total. The third-order valence-corrected chi connectivity index (χ3v) is 0.805. The van der Waals surface area contributed by atoms with Crippen molar-refractivity contribution in [3.05, 3.63) is 0 Å². The van der Waals surface area contributed by atoms with E-state index in [-0.39, 0.29) is 86.4 Å². The molecule has 0 aliphatic heterocycles. The molecule has 0 saturated carbocycles. The number of carboxylic acid groups (broad SMARTS) is 2. The molecule has 13 heavy (non-hydrogen) atoms. The van der Waals surface area contributed by atoms with E-state index in [1.807, 2.05) is 0 Å². The Kier molecular flexibility index (Phi) is 21.2. The molecule has 2 radical (unpaired) electrons. The number of hydrogen-bond acceptors (Lipinski definition) is 4. The van der Waals surface area contributed by atoms with Crippen LogP contribution in [0.5, 0.6) is 0 Å². The van der Waals surface area contributed by atoms with Crippen molar-refractivity contribution in [2.24, 2.45) is 0 Å². The van der Waals surface area contributed by atoms with E-state index in [0.717, 1.165) is 0 Å². The Morgan fingerprint density at radius 1 is 0.923 bits per heavy atom. The van der Waals surface area contributed by atoms with Crippen LogP contribution in [0.2, 0.25) is 0 Å². The fraction of sp³-hybridized carbons (Fsp3) is 0.500. The van der Waals surface area contributed by atoms with Crippen LogP contribution < -0.4 is 0 Å². The molecule has 0 rings (SSSR count). The second-order valence-electron chi connectivity index (χ2n) is 1.57. The van der Waals surface area contributed by atoms with Crippen LogP contribution in [-0.4, -0.2) is 131 Å². The van der Waals surface area contributed by atoms with Crippen LogP contribution in [0.25, 0.3) is 0 Å². The Bertz CT molecular complexity index is 145. The van der Waals surface area contributed by atoms with Gasteiger partial charge in [-0.15, -0.1) is 0 Å². The van der Waals surface area contributed by atoms with Gasteiger partial charge in [-0.3, -0.25) is 0 Å². The van der Waals surface area contributed by atoms with E-state index in [1.165, 1.54) is 0 Å². The van der Waals surface area contributed by atoms with Crippen LogP contribution in [0.3, 0.4) is 0 Å². The van der Waals surface area contributed by atoms with Crippen LogP contribution in [0, 0.1) is 0 Å². The molecule has 7 nitrogen and oxygen atoms in total. The molecule has 0 aromatic rings. The zero-order chi connectivity index (χ0) is 8.31. The van der Waals surface area contributed by atoms with Gasteiger partial charge in [0, 0.05) is 80.9 Å². The number of rotatable bonds is 3. The van der Waals surface area contributed by atoms with Crippen molar-refractivity contribution in [2.45, 2.75) is 12.2 Å². The first-order chi connectivity index (χ1) is 4.46. The molecule has 0 spiro atoms. The third-order valence-electron chi connectivity index (χ3n) is 0.805. The van der Waals surface area contributed by atoms with Gasteiger partial charge in [0.1, 0.15) is 0 Å². The van der Waals surface area contributed by atoms with Crippen LogP contribution in [0.1, 0.15) is 0 Å². The topological polar surface area (TPSA) is 147 Å². The standard InChI is InChI=1S/C4H6O6.K.Na.H2O/c5-1(3(7)8)2(6)4(9)10;;;/h1-2,5-6H,(H,7,8)(H,9,10);;;1H2/t1-,2-;;;/m1.../s1. The average Bonchev–Trinajstić information content (AvgIpc) is 1.84. The molecule has 2 atom stereocenters. The van der Waals surface area contributed by atoms with Gasteiger partial charge >= 0.3 is 11.9 Å². The van der Waals surface area contributed by atoms with Gasteiger partial charge < -0.3 is 25.9 Å². The molecule has 9 heteroatoms. The van der Waals surface area contributed by atoms with E-state index >= 15 is 0 Å². The first-order valence-electron chi connectivity index (χ1n) is 2.28. The Morgan fingerprint density at radius 3 is 1.15 bits per heavy atom. The minimum Gasteiger partial charge on any atom is -0.479 e. The quantitative estimate of drug-likeness (QED) is 0.367. The number of aliphatic hydroxyl groups is 2. The van der Waals surface area contributed by atoms with E-state index in [4.69, 9.17) is 20.4 Å². The summed E-state index contributed by atoms with van der Waals surface area (Å²) in [5, 5.41) is 32.5. The van der Waals surface area contributed by atoms with Gasteiger partial charge in [-0.1, -0.05) is 0 Å². The Hall–Kier alpha value is 1.46. The molecule has 0 heterocycles. The summed E-state index contributed by atoms with van der Waals surface area (Å²) < 4.78 is 0. The molecule has 0 bridgehead atoms. The van der Waals surface area contributed by atoms with E-state index < -0.39 is 24.1 Å². The SMILES string of the molecule is O.O=C(O)[C@H](O)[C@@H](O)C(=O)O.[K].[Na]. The molecule has 68 valence electrons. The first-order valence-corrected chi connectivity index (χ1v) is 2.28. The van der Waals surface area contributed by atoms with Gasteiger partial charge in [-0.2, -0.15) is 0 Å². The third kappa shape index (κ3) is 9.75. The normalized spacial score (nSPS) is 12.2. The molecular weight excluding hydrogens is 222 g/mol. The van der Waals surface area contributed by atoms with Gasteiger partial charge in [0.05, 0.1) is 0 Å². The van der Waals surface area contributed by atoms with Crippen molar-refractivity contribution in [1.29, 1.82) is 0 Å². The van der Waals surface area contributed by atoms with Gasteiger partial charge in [0.25, 0.3) is 0 Å². The van der Waals surface area contributed by atoms with Crippen LogP contribution in [0.4, 0.5) is 0 Å². The molecule has 0 aromatic carbocycles. The predicted molar refractivity (Wildman–Crippen MR) is 42.4 cm³/mol. The van der Waals surface area contributed by atoms with Crippen molar-refractivity contribution in [3.8, 4) is 0 Å². The van der Waals surface area contributed by atoms with Crippen molar-refractivity contribution < 1.29 is 35.5 Å². The van der Waals surface area contributed by atoms with E-state index in [1.54, 1.807) is 0 Å². The first kappa shape index (κ1) is 23.9. The van der Waals surface area contributed by atoms with E-state index in [2.05, 4.69) is 0 Å². The Labute approximate surface area is 138 Å². The predicted octanol–water partition coefficient (Wildman–Crippen LogP) is -3.71. The summed E-state index contributed by atoms with van der Waals surface area (Å²) in [4.78, 5) is 19.5. The summed E-state index contributed by atoms with van der Waals surface area (Å²) >= 11 is 0. The second-order valence-corrected chi connectivity index (χ2v) is 1.57. The molecular formula is C4H8KNaO7. The molecule has 0 fully saturated rings. The summed E-state index contributed by atoms with van der Waals surface area (Å²) in [6.45, 7) is 0. The maximum atomic E-state index is 9.77. The van der Waals surface area contributed by atoms with Crippen molar-refractivity contribution in [1.82, 2.24) is 0 Å². The van der Waals surface area contributed by atoms with Gasteiger partial charge in [0.2, 0.25) is 0 Å². The minimum absolute atomic E-state index is 0. The number of hydrogen-bond donors (Lipinski definition) is 4. The monoisotopic (exact) mass is 230 g/mol. The fourth-order valence-corrected chi connectivity index (χ4v) is 0.270. The smallest absolute Gasteiger partial charge is 0.335 e. The van der Waals surface area contributed by atoms with Crippen molar-refractivity contribution >= 4 is 92.9 Å². The minimum atomic E-state index is -2.27. The summed E-state index contributed by atoms with van der Waals surface area (Å²) in [5.41, 5.74) is 0. The second kappa shape index (κ2) is 11.5. The average molecular weight is 230 g/mol. The van der Waals surface area contributed by atoms with E-state index in [0.29, 0.717) is 0 Å². The molecule has 0 amide bonds. The summed E-state index contributed by atoms with van der Waals surface area (Å²) in [7, 11) is 0. The van der Waals surface area contributed by atoms with Crippen LogP contribution in [0.15, 0.2) is 0 Å². The molecule has 0 aliphatic carbocycles. The molecule has 0 unspecified atom stereocenters. The number of aliphatic carboxylic acids is 2. The summed E-state index contributed by atoms with van der Waals surface area (Å²) in [6.07, 6.45) is -4.53.